The van der Waals surface area contributed by atoms with Crippen LogP contribution < -0.4 is 0 Å². The minimum atomic E-state index is 1.11. The highest BCUT2D eigenvalue weighted by molar-refractivity contribution is 5.27. The smallest absolute Gasteiger partial charge is 0.105 e. The van der Waals surface area contributed by atoms with Crippen LogP contribution in [0.4, 0.5) is 0 Å². The number of benzene rings is 1. The lowest BCUT2D eigenvalue weighted by molar-refractivity contribution is -0.910. The molecule has 0 saturated carbocycles. The Hall–Kier alpha value is -0.820. The summed E-state index contributed by atoms with van der Waals surface area (Å²) in [4.78, 5) is 0. The van der Waals surface area contributed by atoms with Crippen molar-refractivity contribution in [2.24, 2.45) is 0 Å². The molecule has 0 bridgehead atoms. The Bertz CT molecular complexity index is 249. The van der Waals surface area contributed by atoms with E-state index < -0.39 is 0 Å². The molecule has 0 fully saturated rings. The van der Waals surface area contributed by atoms with Gasteiger partial charge in [-0.3, -0.25) is 0 Å². The van der Waals surface area contributed by atoms with Gasteiger partial charge in [-0.25, -0.2) is 0 Å². The number of rotatable bonds is 0. The van der Waals surface area contributed by atoms with Crippen LogP contribution in [-0.4, -0.2) is 18.6 Å². The molecule has 1 aromatic carbocycles. The quantitative estimate of drug-likeness (QED) is 0.492. The first-order valence-corrected chi connectivity index (χ1v) is 4.06. The molecule has 2 rings (SSSR count). The van der Waals surface area contributed by atoms with E-state index in [0.29, 0.717) is 0 Å². The van der Waals surface area contributed by atoms with Crippen LogP contribution >= 0.6 is 0 Å². The van der Waals surface area contributed by atoms with Gasteiger partial charge < -0.3 is 4.48 Å². The van der Waals surface area contributed by atoms with Gasteiger partial charge in [0.15, 0.2) is 0 Å². The highest BCUT2D eigenvalue weighted by Crippen LogP contribution is 2.25. The number of nitrogens with zero attached hydrogens (tertiary/aromatic N) is 1. The lowest BCUT2D eigenvalue weighted by atomic mass is 10.1. The molecule has 58 valence electrons. The number of hydrogen-bond acceptors (Lipinski definition) is 0. The van der Waals surface area contributed by atoms with E-state index in [4.69, 9.17) is 0 Å². The number of fused-ring (bicyclic) bond motifs is 1. The maximum Gasteiger partial charge on any atom is 0.105 e. The van der Waals surface area contributed by atoms with Crippen LogP contribution in [-0.2, 0) is 13.1 Å². The Labute approximate surface area is 67.9 Å². The molecule has 0 radical (unpaired) electrons. The van der Waals surface area contributed by atoms with Gasteiger partial charge in [-0.1, -0.05) is 24.3 Å². The molecular weight excluding hydrogens is 134 g/mol. The maximum atomic E-state index is 2.28. The summed E-state index contributed by atoms with van der Waals surface area (Å²) in [5.74, 6) is 0. The Balaban J connectivity index is 2.41. The van der Waals surface area contributed by atoms with Gasteiger partial charge in [0, 0.05) is 11.1 Å². The van der Waals surface area contributed by atoms with E-state index in [1.165, 1.54) is 24.2 Å². The van der Waals surface area contributed by atoms with Gasteiger partial charge in [-0.15, -0.1) is 0 Å². The number of quaternary nitrogens is 1. The molecule has 1 aromatic rings. The average molecular weight is 148 g/mol. The number of hydrogen-bond donors (Lipinski definition) is 0. The molecule has 0 N–H and O–H groups in total. The molecule has 0 saturated heterocycles. The van der Waals surface area contributed by atoms with Crippen molar-refractivity contribution >= 4 is 0 Å². The molecule has 11 heavy (non-hydrogen) atoms. The van der Waals surface area contributed by atoms with Crippen molar-refractivity contribution in [2.45, 2.75) is 13.1 Å². The zero-order valence-electron chi connectivity index (χ0n) is 7.17. The summed E-state index contributed by atoms with van der Waals surface area (Å²) in [5.41, 5.74) is 3.05. The predicted molar refractivity (Wildman–Crippen MR) is 46.0 cm³/mol. The third-order valence-corrected chi connectivity index (χ3v) is 2.32. The fourth-order valence-corrected chi connectivity index (χ4v) is 1.84. The van der Waals surface area contributed by atoms with Gasteiger partial charge in [0.1, 0.15) is 13.1 Å². The van der Waals surface area contributed by atoms with Gasteiger partial charge in [-0.2, -0.15) is 0 Å². The van der Waals surface area contributed by atoms with Crippen molar-refractivity contribution < 1.29 is 4.48 Å². The first kappa shape index (κ1) is 6.86. The van der Waals surface area contributed by atoms with Crippen molar-refractivity contribution in [3.8, 4) is 0 Å². The van der Waals surface area contributed by atoms with Crippen LogP contribution in [0.5, 0.6) is 0 Å². The SMILES string of the molecule is C[N+]1(C)Cc2ccccc2C1. The summed E-state index contributed by atoms with van der Waals surface area (Å²) in [6.07, 6.45) is 0. The lowest BCUT2D eigenvalue weighted by Crippen LogP contribution is -2.32. The standard InChI is InChI=1S/C10H14N/c1-11(2)7-9-5-3-4-6-10(9)8-11/h3-6H,7-8H2,1-2H3/q+1. The van der Waals surface area contributed by atoms with Crippen LogP contribution in [0.2, 0.25) is 0 Å². The third kappa shape index (κ3) is 1.16. The maximum absolute atomic E-state index is 2.28. The molecule has 0 unspecified atom stereocenters. The largest absolute Gasteiger partial charge is 0.321 e. The topological polar surface area (TPSA) is 0 Å². The molecule has 0 spiro atoms. The summed E-state index contributed by atoms with van der Waals surface area (Å²) in [5, 5.41) is 0. The fourth-order valence-electron chi connectivity index (χ4n) is 1.84. The van der Waals surface area contributed by atoms with Crippen molar-refractivity contribution in [1.29, 1.82) is 0 Å². The van der Waals surface area contributed by atoms with Crippen molar-refractivity contribution in [3.63, 3.8) is 0 Å². The van der Waals surface area contributed by atoms with Gasteiger partial charge in [0.05, 0.1) is 14.1 Å². The molecule has 1 heteroatoms. The van der Waals surface area contributed by atoms with E-state index in [1.807, 2.05) is 0 Å². The Morgan fingerprint density at radius 1 is 1.00 bits per heavy atom. The summed E-state index contributed by atoms with van der Waals surface area (Å²) >= 11 is 0. The fraction of sp³-hybridized carbons (Fsp3) is 0.400. The summed E-state index contributed by atoms with van der Waals surface area (Å²) in [7, 11) is 4.56. The van der Waals surface area contributed by atoms with E-state index in [9.17, 15) is 0 Å². The average Bonchev–Trinajstić information content (AvgIpc) is 2.21. The van der Waals surface area contributed by atoms with Crippen LogP contribution in [0.15, 0.2) is 24.3 Å². The minimum Gasteiger partial charge on any atom is -0.321 e. The second-order valence-corrected chi connectivity index (χ2v) is 4.02. The summed E-state index contributed by atoms with van der Waals surface area (Å²) in [6.45, 7) is 2.38. The zero-order valence-corrected chi connectivity index (χ0v) is 7.17. The van der Waals surface area contributed by atoms with Crippen LogP contribution in [0.3, 0.4) is 0 Å². The Morgan fingerprint density at radius 2 is 1.45 bits per heavy atom. The van der Waals surface area contributed by atoms with Gasteiger partial charge in [-0.05, 0) is 0 Å². The summed E-state index contributed by atoms with van der Waals surface area (Å²) in [6, 6.07) is 8.74. The second kappa shape index (κ2) is 2.08. The Kier molecular flexibility index (Phi) is 1.30. The van der Waals surface area contributed by atoms with Crippen molar-refractivity contribution in [3.05, 3.63) is 35.4 Å². The van der Waals surface area contributed by atoms with E-state index in [1.54, 1.807) is 0 Å². The van der Waals surface area contributed by atoms with Crippen molar-refractivity contribution in [2.75, 3.05) is 14.1 Å². The van der Waals surface area contributed by atoms with Gasteiger partial charge in [0.2, 0.25) is 0 Å². The molecule has 0 atom stereocenters. The normalized spacial score (nSPS) is 19.8. The molecule has 0 aliphatic carbocycles. The molecule has 1 aliphatic rings. The van der Waals surface area contributed by atoms with E-state index in [-0.39, 0.29) is 0 Å². The van der Waals surface area contributed by atoms with E-state index >= 15 is 0 Å². The summed E-state index contributed by atoms with van der Waals surface area (Å²) < 4.78 is 1.11. The van der Waals surface area contributed by atoms with Crippen molar-refractivity contribution in [1.82, 2.24) is 0 Å². The molecular formula is C10H14N+. The van der Waals surface area contributed by atoms with E-state index in [0.717, 1.165) is 4.48 Å². The third-order valence-electron chi connectivity index (χ3n) is 2.32. The van der Waals surface area contributed by atoms with Gasteiger partial charge in [0.25, 0.3) is 0 Å². The Morgan fingerprint density at radius 3 is 1.91 bits per heavy atom. The molecule has 1 nitrogen and oxygen atoms in total. The van der Waals surface area contributed by atoms with Crippen LogP contribution in [0.1, 0.15) is 11.1 Å². The second-order valence-electron chi connectivity index (χ2n) is 4.02. The molecule has 1 heterocycles. The minimum absolute atomic E-state index is 1.11. The molecule has 1 aliphatic heterocycles. The predicted octanol–water partition coefficient (Wildman–Crippen LogP) is 1.78. The lowest BCUT2D eigenvalue weighted by Gasteiger charge is -2.22. The van der Waals surface area contributed by atoms with Gasteiger partial charge >= 0.3 is 0 Å². The monoisotopic (exact) mass is 148 g/mol. The highest BCUT2D eigenvalue weighted by atomic mass is 15.3. The molecule has 0 aromatic heterocycles. The molecule has 0 amide bonds. The van der Waals surface area contributed by atoms with Crippen LogP contribution in [0, 0.1) is 0 Å². The first-order valence-electron chi connectivity index (χ1n) is 4.06. The first-order chi connectivity index (χ1) is 5.17. The highest BCUT2D eigenvalue weighted by Gasteiger charge is 2.26. The van der Waals surface area contributed by atoms with Crippen LogP contribution in [0.25, 0.3) is 0 Å². The zero-order chi connectivity index (χ0) is 7.90. The van der Waals surface area contributed by atoms with E-state index in [2.05, 4.69) is 38.4 Å².